The summed E-state index contributed by atoms with van der Waals surface area (Å²) in [4.78, 5) is 44.0. The van der Waals surface area contributed by atoms with Crippen molar-refractivity contribution in [3.63, 3.8) is 0 Å². The van der Waals surface area contributed by atoms with Gasteiger partial charge in [-0.25, -0.2) is 18.9 Å². The highest BCUT2D eigenvalue weighted by Gasteiger charge is 2.68. The summed E-state index contributed by atoms with van der Waals surface area (Å²) in [5.74, 6) is -2.85. The largest absolute Gasteiger partial charge is 0.507 e. The molecule has 0 aliphatic carbocycles. The molecule has 3 aromatic rings. The molecule has 2 amide bonds. The first kappa shape index (κ1) is 33.9. The number of ether oxygens (including phenoxy) is 3. The minimum atomic E-state index is -2.02. The van der Waals surface area contributed by atoms with Gasteiger partial charge >= 0.3 is 12.1 Å². The Hall–Kier alpha value is -4.40. The zero-order valence-corrected chi connectivity index (χ0v) is 28.8. The molecular formula is C38H44FNO7. The summed E-state index contributed by atoms with van der Waals surface area (Å²) in [6.07, 6.45) is -2.59. The van der Waals surface area contributed by atoms with Crippen LogP contribution >= 0.6 is 0 Å². The zero-order valence-electron chi connectivity index (χ0n) is 28.8. The summed E-state index contributed by atoms with van der Waals surface area (Å²) in [6, 6.07) is 14.4. The minimum Gasteiger partial charge on any atom is -0.507 e. The quantitative estimate of drug-likeness (QED) is 0.290. The van der Waals surface area contributed by atoms with Crippen molar-refractivity contribution in [3.05, 3.63) is 88.2 Å². The number of imide groups is 1. The highest BCUT2D eigenvalue weighted by atomic mass is 19.1. The topological polar surface area (TPSA) is 102 Å². The van der Waals surface area contributed by atoms with Gasteiger partial charge in [-0.05, 0) is 79.5 Å². The highest BCUT2D eigenvalue weighted by Crippen LogP contribution is 2.60. The minimum absolute atomic E-state index is 0.0113. The standard InChI is InChI=1S/C38H44FNO7/c1-11-45-32(42)31-38(24-20-22(39)16-17-27(24)40(33(38)43)34(44)47-37(8,9)10)29(23-14-12-13-15-28(23)46-31)21-18-25(35(2,3)4)30(41)26(19-21)36(5,6)7/h12-20,29,31,41H,11H2,1-10H3/t29-,31-,38+/m1/s1. The van der Waals surface area contributed by atoms with Gasteiger partial charge in [0.1, 0.15) is 28.3 Å². The molecule has 2 aliphatic rings. The van der Waals surface area contributed by atoms with Crippen LogP contribution in [0.4, 0.5) is 14.9 Å². The summed E-state index contributed by atoms with van der Waals surface area (Å²) < 4.78 is 33.0. The SMILES string of the molecule is CCOC(=O)[C@H]1Oc2ccccc2[C@@H](c2cc(C(C)(C)C)c(O)c(C(C)(C)C)c2)[C@]12C(=O)N(C(=O)OC(C)(C)C)c1ccc(F)cc12. The van der Waals surface area contributed by atoms with Crippen molar-refractivity contribution in [3.8, 4) is 11.5 Å². The summed E-state index contributed by atoms with van der Waals surface area (Å²) in [7, 11) is 0. The van der Waals surface area contributed by atoms with E-state index < -0.39 is 57.7 Å². The van der Waals surface area contributed by atoms with Crippen LogP contribution < -0.4 is 9.64 Å². The number of phenolic OH excluding ortho intramolecular Hbond substituents is 1. The Morgan fingerprint density at radius 1 is 0.936 bits per heavy atom. The average Bonchev–Trinajstić information content (AvgIpc) is 3.18. The predicted octanol–water partition coefficient (Wildman–Crippen LogP) is 7.80. The number of benzene rings is 3. The molecule has 1 N–H and O–H groups in total. The number of halogens is 1. The number of esters is 1. The second kappa shape index (κ2) is 11.4. The van der Waals surface area contributed by atoms with Crippen molar-refractivity contribution < 1.29 is 38.1 Å². The normalized spacial score (nSPS) is 20.8. The molecule has 1 spiro atoms. The molecule has 0 saturated carbocycles. The molecule has 9 heteroatoms. The molecule has 0 radical (unpaired) electrons. The van der Waals surface area contributed by atoms with E-state index in [1.54, 1.807) is 52.0 Å². The monoisotopic (exact) mass is 645 g/mol. The number of nitrogens with zero attached hydrogens (tertiary/aromatic N) is 1. The third-order valence-corrected chi connectivity index (χ3v) is 8.70. The van der Waals surface area contributed by atoms with E-state index in [1.165, 1.54) is 12.1 Å². The lowest BCUT2D eigenvalue weighted by Crippen LogP contribution is -2.61. The van der Waals surface area contributed by atoms with Crippen molar-refractivity contribution in [2.45, 2.75) is 103 Å². The van der Waals surface area contributed by atoms with E-state index in [9.17, 15) is 14.7 Å². The molecule has 8 nitrogen and oxygen atoms in total. The third kappa shape index (κ3) is 5.63. The maximum absolute atomic E-state index is 15.4. The number of aromatic hydroxyl groups is 1. The number of phenols is 1. The van der Waals surface area contributed by atoms with Gasteiger partial charge in [-0.15, -0.1) is 0 Å². The van der Waals surface area contributed by atoms with Crippen LogP contribution in [-0.4, -0.2) is 41.4 Å². The Morgan fingerprint density at radius 2 is 1.53 bits per heavy atom. The maximum atomic E-state index is 15.4. The van der Waals surface area contributed by atoms with Gasteiger partial charge in [0.2, 0.25) is 6.10 Å². The van der Waals surface area contributed by atoms with E-state index in [2.05, 4.69) is 0 Å². The first-order chi connectivity index (χ1) is 21.7. The Bertz CT molecular complexity index is 1730. The van der Waals surface area contributed by atoms with Crippen LogP contribution in [-0.2, 0) is 35.3 Å². The van der Waals surface area contributed by atoms with E-state index in [1.807, 2.05) is 53.7 Å². The van der Waals surface area contributed by atoms with Crippen molar-refractivity contribution >= 4 is 23.7 Å². The van der Waals surface area contributed by atoms with Crippen LogP contribution in [0, 0.1) is 5.82 Å². The number of hydrogen-bond donors (Lipinski definition) is 1. The molecule has 0 aromatic heterocycles. The molecule has 0 unspecified atom stereocenters. The lowest BCUT2D eigenvalue weighted by atomic mass is 9.60. The van der Waals surface area contributed by atoms with Gasteiger partial charge in [-0.2, -0.15) is 0 Å². The van der Waals surface area contributed by atoms with E-state index in [-0.39, 0.29) is 23.6 Å². The fourth-order valence-corrected chi connectivity index (χ4v) is 6.77. The third-order valence-electron chi connectivity index (χ3n) is 8.70. The smallest absolute Gasteiger partial charge is 0.421 e. The van der Waals surface area contributed by atoms with Crippen LogP contribution in [0.5, 0.6) is 11.5 Å². The molecule has 250 valence electrons. The Labute approximate surface area is 275 Å². The molecular weight excluding hydrogens is 601 g/mol. The lowest BCUT2D eigenvalue weighted by molar-refractivity contribution is -0.159. The molecule has 2 heterocycles. The second-order valence-electron chi connectivity index (χ2n) is 15.3. The van der Waals surface area contributed by atoms with Crippen LogP contribution in [0.1, 0.15) is 103 Å². The lowest BCUT2D eigenvalue weighted by Gasteiger charge is -2.46. The fraction of sp³-hybridized carbons (Fsp3) is 0.447. The molecule has 5 rings (SSSR count). The van der Waals surface area contributed by atoms with Gasteiger partial charge in [-0.1, -0.05) is 71.9 Å². The number of carbonyl (C=O) groups is 3. The molecule has 0 bridgehead atoms. The zero-order chi connectivity index (χ0) is 34.9. The van der Waals surface area contributed by atoms with E-state index in [0.29, 0.717) is 28.0 Å². The molecule has 0 fully saturated rings. The van der Waals surface area contributed by atoms with Gasteiger partial charge in [0.25, 0.3) is 5.91 Å². The molecule has 47 heavy (non-hydrogen) atoms. The summed E-state index contributed by atoms with van der Waals surface area (Å²) in [6.45, 7) is 18.5. The summed E-state index contributed by atoms with van der Waals surface area (Å²) >= 11 is 0. The van der Waals surface area contributed by atoms with Gasteiger partial charge in [0.05, 0.1) is 12.3 Å². The van der Waals surface area contributed by atoms with Gasteiger partial charge in [0.15, 0.2) is 0 Å². The maximum Gasteiger partial charge on any atom is 0.421 e. The molecule has 0 saturated heterocycles. The number of hydrogen-bond acceptors (Lipinski definition) is 7. The number of rotatable bonds is 3. The number of para-hydroxylation sites is 1. The van der Waals surface area contributed by atoms with Crippen molar-refractivity contribution in [2.24, 2.45) is 0 Å². The summed E-state index contributed by atoms with van der Waals surface area (Å²) in [5, 5.41) is 11.6. The van der Waals surface area contributed by atoms with E-state index in [4.69, 9.17) is 14.2 Å². The van der Waals surface area contributed by atoms with E-state index >= 15 is 9.18 Å². The van der Waals surface area contributed by atoms with Crippen LogP contribution in [0.2, 0.25) is 0 Å². The Morgan fingerprint density at radius 3 is 2.09 bits per heavy atom. The Kier molecular flexibility index (Phi) is 8.23. The van der Waals surface area contributed by atoms with Crippen molar-refractivity contribution in [2.75, 3.05) is 11.5 Å². The van der Waals surface area contributed by atoms with E-state index in [0.717, 1.165) is 11.0 Å². The number of fused-ring (bicyclic) bond motifs is 3. The summed E-state index contributed by atoms with van der Waals surface area (Å²) in [5.41, 5.74) is -1.51. The van der Waals surface area contributed by atoms with Gasteiger partial charge < -0.3 is 19.3 Å². The van der Waals surface area contributed by atoms with Gasteiger partial charge in [-0.3, -0.25) is 4.79 Å². The molecule has 3 atom stereocenters. The predicted molar refractivity (Wildman–Crippen MR) is 177 cm³/mol. The number of amides is 2. The average molecular weight is 646 g/mol. The second-order valence-corrected chi connectivity index (χ2v) is 15.3. The Balaban J connectivity index is 1.96. The first-order valence-electron chi connectivity index (χ1n) is 15.9. The van der Waals surface area contributed by atoms with Gasteiger partial charge in [0, 0.05) is 17.0 Å². The molecule has 3 aromatic carbocycles. The van der Waals surface area contributed by atoms with Crippen LogP contribution in [0.25, 0.3) is 0 Å². The van der Waals surface area contributed by atoms with Crippen LogP contribution in [0.15, 0.2) is 54.6 Å². The van der Waals surface area contributed by atoms with Crippen LogP contribution in [0.3, 0.4) is 0 Å². The fourth-order valence-electron chi connectivity index (χ4n) is 6.77. The number of anilines is 1. The number of carbonyl (C=O) groups excluding carboxylic acids is 3. The van der Waals surface area contributed by atoms with Crippen molar-refractivity contribution in [1.82, 2.24) is 0 Å². The first-order valence-corrected chi connectivity index (χ1v) is 15.9. The van der Waals surface area contributed by atoms with Crippen molar-refractivity contribution in [1.29, 1.82) is 0 Å². The highest BCUT2D eigenvalue weighted by molar-refractivity contribution is 6.23. The molecule has 2 aliphatic heterocycles.